The Morgan fingerprint density at radius 3 is 2.33 bits per heavy atom. The van der Waals surface area contributed by atoms with Crippen molar-refractivity contribution < 1.29 is 9.59 Å². The Kier molecular flexibility index (Phi) is 9.11. The molecule has 1 aromatic rings. The first-order valence-electron chi connectivity index (χ1n) is 8.04. The first kappa shape index (κ1) is 20.7. The highest BCUT2D eigenvalue weighted by atomic mass is 35.5. The topological polar surface area (TPSA) is 52.6 Å². The van der Waals surface area contributed by atoms with Crippen LogP contribution in [0.2, 0.25) is 0 Å². The Bertz CT molecular complexity index is 520. The third kappa shape index (κ3) is 5.96. The van der Waals surface area contributed by atoms with Gasteiger partial charge in [-0.2, -0.15) is 0 Å². The molecule has 5 nitrogen and oxygen atoms in total. The van der Waals surface area contributed by atoms with Crippen molar-refractivity contribution in [3.05, 3.63) is 35.9 Å². The number of carbonyl (C=O) groups excluding carboxylic acids is 2. The van der Waals surface area contributed by atoms with Gasteiger partial charge in [0.15, 0.2) is 0 Å². The Morgan fingerprint density at radius 2 is 1.79 bits per heavy atom. The van der Waals surface area contributed by atoms with Crippen molar-refractivity contribution in [2.24, 2.45) is 0 Å². The van der Waals surface area contributed by atoms with Crippen LogP contribution in [0.4, 0.5) is 0 Å². The third-order valence-corrected chi connectivity index (χ3v) is 4.41. The van der Waals surface area contributed by atoms with E-state index in [-0.39, 0.29) is 30.1 Å². The predicted molar refractivity (Wildman–Crippen MR) is 98.7 cm³/mol. The van der Waals surface area contributed by atoms with E-state index in [2.05, 4.69) is 17.1 Å². The Morgan fingerprint density at radius 1 is 1.17 bits per heavy atom. The van der Waals surface area contributed by atoms with E-state index < -0.39 is 6.04 Å². The number of benzene rings is 1. The van der Waals surface area contributed by atoms with Crippen LogP contribution in [0.25, 0.3) is 0 Å². The van der Waals surface area contributed by atoms with Gasteiger partial charge in [0.25, 0.3) is 0 Å². The SMILES string of the molecule is CCN1CCN(C(=O)C(Cc2ccccc2)NC(=O)CCl)CC1.Cl. The largest absolute Gasteiger partial charge is 0.343 e. The number of halogens is 2. The van der Waals surface area contributed by atoms with Crippen LogP contribution >= 0.6 is 24.0 Å². The maximum Gasteiger partial charge on any atom is 0.245 e. The summed E-state index contributed by atoms with van der Waals surface area (Å²) in [6.45, 7) is 6.28. The second-order valence-corrected chi connectivity index (χ2v) is 5.97. The summed E-state index contributed by atoms with van der Waals surface area (Å²) in [6, 6.07) is 9.16. The van der Waals surface area contributed by atoms with Crippen molar-refractivity contribution in [3.63, 3.8) is 0 Å². The number of likely N-dealkylation sites (N-methyl/N-ethyl adjacent to an activating group) is 1. The van der Waals surface area contributed by atoms with E-state index in [1.807, 2.05) is 35.2 Å². The molecule has 2 rings (SSSR count). The highest BCUT2D eigenvalue weighted by molar-refractivity contribution is 6.27. The zero-order chi connectivity index (χ0) is 16.7. The molecule has 1 atom stereocenters. The lowest BCUT2D eigenvalue weighted by molar-refractivity contribution is -0.137. The number of piperazine rings is 1. The third-order valence-electron chi connectivity index (χ3n) is 4.17. The predicted octanol–water partition coefficient (Wildman–Crippen LogP) is 1.54. The van der Waals surface area contributed by atoms with Gasteiger partial charge in [-0.25, -0.2) is 0 Å². The average molecular weight is 374 g/mol. The summed E-state index contributed by atoms with van der Waals surface area (Å²) in [5.74, 6) is -0.474. The highest BCUT2D eigenvalue weighted by Crippen LogP contribution is 2.09. The summed E-state index contributed by atoms with van der Waals surface area (Å²) in [6.07, 6.45) is 0.482. The minimum absolute atomic E-state index is 0. The number of nitrogens with zero attached hydrogens (tertiary/aromatic N) is 2. The molecule has 1 aromatic carbocycles. The Labute approximate surface area is 154 Å². The van der Waals surface area contributed by atoms with Crippen LogP contribution in [0.1, 0.15) is 12.5 Å². The van der Waals surface area contributed by atoms with Crippen LogP contribution in [0, 0.1) is 0 Å². The molecule has 1 aliphatic heterocycles. The fourth-order valence-electron chi connectivity index (χ4n) is 2.79. The van der Waals surface area contributed by atoms with Gasteiger partial charge in [-0.3, -0.25) is 9.59 Å². The summed E-state index contributed by atoms with van der Waals surface area (Å²) >= 11 is 5.58. The van der Waals surface area contributed by atoms with Crippen molar-refractivity contribution in [1.82, 2.24) is 15.1 Å². The Balaban J connectivity index is 0.00000288. The first-order valence-corrected chi connectivity index (χ1v) is 8.58. The van der Waals surface area contributed by atoms with E-state index in [0.29, 0.717) is 19.5 Å². The van der Waals surface area contributed by atoms with Crippen LogP contribution in [-0.4, -0.2) is 66.3 Å². The maximum atomic E-state index is 12.8. The second kappa shape index (κ2) is 10.5. The van der Waals surface area contributed by atoms with Gasteiger partial charge in [-0.05, 0) is 12.1 Å². The molecule has 1 unspecified atom stereocenters. The van der Waals surface area contributed by atoms with E-state index in [1.54, 1.807) is 0 Å². The molecule has 0 bridgehead atoms. The van der Waals surface area contributed by atoms with Crippen LogP contribution in [-0.2, 0) is 16.0 Å². The van der Waals surface area contributed by atoms with Crippen molar-refractivity contribution in [2.45, 2.75) is 19.4 Å². The number of nitrogens with one attached hydrogen (secondary N) is 1. The average Bonchev–Trinajstić information content (AvgIpc) is 2.61. The van der Waals surface area contributed by atoms with Gasteiger partial charge in [0.1, 0.15) is 11.9 Å². The van der Waals surface area contributed by atoms with Gasteiger partial charge in [0.05, 0.1) is 0 Å². The molecule has 1 heterocycles. The van der Waals surface area contributed by atoms with E-state index in [1.165, 1.54) is 0 Å². The molecular formula is C17H25Cl2N3O2. The molecule has 0 aliphatic carbocycles. The van der Waals surface area contributed by atoms with Crippen LogP contribution in [0.5, 0.6) is 0 Å². The lowest BCUT2D eigenvalue weighted by Gasteiger charge is -2.36. The van der Waals surface area contributed by atoms with Gasteiger partial charge < -0.3 is 15.1 Å². The van der Waals surface area contributed by atoms with Crippen molar-refractivity contribution in [3.8, 4) is 0 Å². The summed E-state index contributed by atoms with van der Waals surface area (Å²) < 4.78 is 0. The van der Waals surface area contributed by atoms with E-state index in [0.717, 1.165) is 25.2 Å². The number of hydrogen-bond acceptors (Lipinski definition) is 3. The fraction of sp³-hybridized carbons (Fsp3) is 0.529. The van der Waals surface area contributed by atoms with Crippen molar-refractivity contribution in [1.29, 1.82) is 0 Å². The lowest BCUT2D eigenvalue weighted by Crippen LogP contribution is -2.55. The molecule has 2 amide bonds. The monoisotopic (exact) mass is 373 g/mol. The molecule has 0 spiro atoms. The standard InChI is InChI=1S/C17H24ClN3O2.ClH/c1-2-20-8-10-21(11-9-20)17(23)15(19-16(22)13-18)12-14-6-4-3-5-7-14;/h3-7,15H,2,8-13H2,1H3,(H,19,22);1H. The van der Waals surface area contributed by atoms with Crippen LogP contribution < -0.4 is 5.32 Å². The number of alkyl halides is 1. The summed E-state index contributed by atoms with van der Waals surface area (Å²) in [7, 11) is 0. The quantitative estimate of drug-likeness (QED) is 0.769. The smallest absolute Gasteiger partial charge is 0.245 e. The molecule has 0 saturated carbocycles. The molecular weight excluding hydrogens is 349 g/mol. The number of carbonyl (C=O) groups is 2. The van der Waals surface area contributed by atoms with E-state index in [4.69, 9.17) is 11.6 Å². The number of hydrogen-bond donors (Lipinski definition) is 1. The summed E-state index contributed by atoms with van der Waals surface area (Å²) in [4.78, 5) is 28.6. The molecule has 134 valence electrons. The fourth-order valence-corrected chi connectivity index (χ4v) is 2.86. The summed E-state index contributed by atoms with van der Waals surface area (Å²) in [5.41, 5.74) is 1.02. The molecule has 0 aromatic heterocycles. The number of amides is 2. The maximum absolute atomic E-state index is 12.8. The highest BCUT2D eigenvalue weighted by Gasteiger charge is 2.28. The van der Waals surface area contributed by atoms with Gasteiger partial charge >= 0.3 is 0 Å². The van der Waals surface area contributed by atoms with Gasteiger partial charge in [0, 0.05) is 32.6 Å². The second-order valence-electron chi connectivity index (χ2n) is 5.70. The Hall–Kier alpha value is -1.30. The lowest BCUT2D eigenvalue weighted by atomic mass is 10.0. The molecule has 1 saturated heterocycles. The van der Waals surface area contributed by atoms with E-state index in [9.17, 15) is 9.59 Å². The molecule has 1 N–H and O–H groups in total. The molecule has 1 aliphatic rings. The molecule has 7 heteroatoms. The van der Waals surface area contributed by atoms with Crippen LogP contribution in [0.3, 0.4) is 0 Å². The van der Waals surface area contributed by atoms with E-state index >= 15 is 0 Å². The molecule has 24 heavy (non-hydrogen) atoms. The molecule has 1 fully saturated rings. The zero-order valence-electron chi connectivity index (χ0n) is 13.9. The van der Waals surface area contributed by atoms with Crippen LogP contribution in [0.15, 0.2) is 30.3 Å². The summed E-state index contributed by atoms with van der Waals surface area (Å²) in [5, 5.41) is 2.76. The molecule has 0 radical (unpaired) electrons. The van der Waals surface area contributed by atoms with Gasteiger partial charge in [0.2, 0.25) is 11.8 Å². The van der Waals surface area contributed by atoms with Crippen molar-refractivity contribution >= 4 is 35.8 Å². The minimum atomic E-state index is -0.558. The first-order chi connectivity index (χ1) is 11.1. The van der Waals surface area contributed by atoms with Gasteiger partial charge in [-0.15, -0.1) is 24.0 Å². The zero-order valence-corrected chi connectivity index (χ0v) is 15.5. The number of rotatable bonds is 6. The normalized spacial score (nSPS) is 16.2. The minimum Gasteiger partial charge on any atom is -0.343 e. The van der Waals surface area contributed by atoms with Crippen molar-refractivity contribution in [2.75, 3.05) is 38.6 Å². The van der Waals surface area contributed by atoms with Gasteiger partial charge in [-0.1, -0.05) is 37.3 Å².